The van der Waals surface area contributed by atoms with Gasteiger partial charge in [0.2, 0.25) is 5.91 Å². The van der Waals surface area contributed by atoms with E-state index in [1.165, 1.54) is 6.08 Å². The summed E-state index contributed by atoms with van der Waals surface area (Å²) in [4.78, 5) is 14.1. The SMILES string of the molecule is C=CC(=O)N1CCC(n2nc(-c3ccc4c(cnn4C)c3)c(C3(C)c4cn[nH]c4C=C(C)C3Cl)c2C)CC1. The number of piperidine rings is 1. The van der Waals surface area contributed by atoms with Gasteiger partial charge >= 0.3 is 0 Å². The molecule has 4 aromatic rings. The average Bonchev–Trinajstić information content (AvgIpc) is 3.64. The first kappa shape index (κ1) is 24.7. The van der Waals surface area contributed by atoms with Gasteiger partial charge in [-0.25, -0.2) is 0 Å². The van der Waals surface area contributed by atoms with Crippen LogP contribution in [0.3, 0.4) is 0 Å². The summed E-state index contributed by atoms with van der Waals surface area (Å²) in [6.07, 6.45) is 8.95. The number of fused-ring (bicyclic) bond motifs is 2. The van der Waals surface area contributed by atoms with Gasteiger partial charge in [0.25, 0.3) is 0 Å². The van der Waals surface area contributed by atoms with E-state index in [2.05, 4.69) is 71.6 Å². The molecule has 0 saturated carbocycles. The molecule has 9 heteroatoms. The van der Waals surface area contributed by atoms with Gasteiger partial charge in [0.15, 0.2) is 0 Å². The zero-order valence-corrected chi connectivity index (χ0v) is 23.0. The monoisotopic (exact) mass is 529 g/mol. The number of alkyl halides is 1. The average molecular weight is 530 g/mol. The molecule has 1 N–H and O–H groups in total. The smallest absolute Gasteiger partial charge is 0.245 e. The Morgan fingerprint density at radius 1 is 1.24 bits per heavy atom. The Kier molecular flexibility index (Phi) is 5.83. The normalized spacial score (nSPS) is 22.0. The van der Waals surface area contributed by atoms with Crippen LogP contribution in [0.15, 0.2) is 48.8 Å². The van der Waals surface area contributed by atoms with Crippen molar-refractivity contribution in [3.63, 3.8) is 0 Å². The molecule has 1 aromatic carbocycles. The van der Waals surface area contributed by atoms with Crippen LogP contribution in [0.5, 0.6) is 0 Å². The summed E-state index contributed by atoms with van der Waals surface area (Å²) in [7, 11) is 1.95. The predicted octanol–water partition coefficient (Wildman–Crippen LogP) is 5.15. The van der Waals surface area contributed by atoms with Crippen LogP contribution in [0.4, 0.5) is 0 Å². The fourth-order valence-electron chi connectivity index (χ4n) is 6.44. The summed E-state index contributed by atoms with van der Waals surface area (Å²) in [5.74, 6) is -0.0127. The molecule has 4 heterocycles. The van der Waals surface area contributed by atoms with Gasteiger partial charge in [0.1, 0.15) is 0 Å². The maximum absolute atomic E-state index is 12.2. The number of likely N-dealkylation sites (tertiary alicyclic amines) is 1. The van der Waals surface area contributed by atoms with Gasteiger partial charge in [-0.15, -0.1) is 11.6 Å². The number of aryl methyl sites for hydroxylation is 1. The van der Waals surface area contributed by atoms with Crippen LogP contribution in [0.25, 0.3) is 28.2 Å². The van der Waals surface area contributed by atoms with Crippen molar-refractivity contribution in [3.05, 3.63) is 71.3 Å². The first-order valence-corrected chi connectivity index (χ1v) is 13.5. The fourth-order valence-corrected chi connectivity index (χ4v) is 6.73. The van der Waals surface area contributed by atoms with Crippen molar-refractivity contribution in [2.24, 2.45) is 7.05 Å². The summed E-state index contributed by atoms with van der Waals surface area (Å²) in [5, 5.41) is 18.1. The molecule has 1 fully saturated rings. The van der Waals surface area contributed by atoms with Crippen molar-refractivity contribution in [1.29, 1.82) is 0 Å². The molecule has 38 heavy (non-hydrogen) atoms. The predicted molar refractivity (Wildman–Crippen MR) is 150 cm³/mol. The molecule has 0 bridgehead atoms. The highest BCUT2D eigenvalue weighted by Crippen LogP contribution is 2.50. The van der Waals surface area contributed by atoms with E-state index in [1.807, 2.05) is 29.0 Å². The summed E-state index contributed by atoms with van der Waals surface area (Å²) in [6, 6.07) is 6.57. The lowest BCUT2D eigenvalue weighted by atomic mass is 9.67. The first-order chi connectivity index (χ1) is 18.2. The summed E-state index contributed by atoms with van der Waals surface area (Å²) >= 11 is 7.27. The molecule has 3 aromatic heterocycles. The van der Waals surface area contributed by atoms with Crippen molar-refractivity contribution < 1.29 is 4.79 Å². The topological polar surface area (TPSA) is 84.6 Å². The van der Waals surface area contributed by atoms with Crippen LogP contribution >= 0.6 is 11.6 Å². The number of rotatable bonds is 4. The van der Waals surface area contributed by atoms with E-state index in [0.717, 1.165) is 63.1 Å². The lowest BCUT2D eigenvalue weighted by molar-refractivity contribution is -0.127. The van der Waals surface area contributed by atoms with Crippen LogP contribution in [0, 0.1) is 6.92 Å². The van der Waals surface area contributed by atoms with Crippen molar-refractivity contribution >= 4 is 34.5 Å². The molecular weight excluding hydrogens is 498 g/mol. The van der Waals surface area contributed by atoms with Crippen LogP contribution in [-0.2, 0) is 17.3 Å². The molecular formula is C29H32ClN7O. The largest absolute Gasteiger partial charge is 0.339 e. The summed E-state index contributed by atoms with van der Waals surface area (Å²) < 4.78 is 4.06. The Balaban J connectivity index is 1.53. The van der Waals surface area contributed by atoms with Gasteiger partial charge in [-0.2, -0.15) is 15.3 Å². The third-order valence-electron chi connectivity index (χ3n) is 8.49. The zero-order valence-electron chi connectivity index (χ0n) is 22.2. The second-order valence-electron chi connectivity index (χ2n) is 10.7. The molecule has 2 unspecified atom stereocenters. The molecule has 1 amide bonds. The fraction of sp³-hybridized carbons (Fsp3) is 0.379. The minimum Gasteiger partial charge on any atom is -0.339 e. The van der Waals surface area contributed by atoms with E-state index in [-0.39, 0.29) is 17.3 Å². The van der Waals surface area contributed by atoms with Gasteiger partial charge in [-0.05, 0) is 57.9 Å². The number of H-pyrrole nitrogens is 1. The number of carbonyl (C=O) groups excluding carboxylic acids is 1. The number of allylic oxidation sites excluding steroid dienone is 1. The quantitative estimate of drug-likeness (QED) is 0.293. The highest BCUT2D eigenvalue weighted by atomic mass is 35.5. The molecule has 8 nitrogen and oxygen atoms in total. The van der Waals surface area contributed by atoms with Crippen molar-refractivity contribution in [2.75, 3.05) is 13.1 Å². The maximum atomic E-state index is 12.2. The number of nitrogens with zero attached hydrogens (tertiary/aromatic N) is 6. The number of hydrogen-bond acceptors (Lipinski definition) is 4. The minimum atomic E-state index is -0.552. The van der Waals surface area contributed by atoms with Crippen molar-refractivity contribution in [2.45, 2.75) is 50.4 Å². The Morgan fingerprint density at radius 3 is 2.74 bits per heavy atom. The number of nitrogens with one attached hydrogen (secondary N) is 1. The molecule has 6 rings (SSSR count). The third-order valence-corrected chi connectivity index (χ3v) is 9.27. The van der Waals surface area contributed by atoms with Gasteiger partial charge in [-0.3, -0.25) is 19.3 Å². The number of aromatic amines is 1. The first-order valence-electron chi connectivity index (χ1n) is 13.0. The Labute approximate surface area is 227 Å². The maximum Gasteiger partial charge on any atom is 0.245 e. The Hall–Kier alpha value is -3.65. The molecule has 196 valence electrons. The van der Waals surface area contributed by atoms with Crippen molar-refractivity contribution in [1.82, 2.24) is 34.7 Å². The highest BCUT2D eigenvalue weighted by Gasteiger charge is 2.47. The van der Waals surface area contributed by atoms with E-state index in [4.69, 9.17) is 16.7 Å². The molecule has 0 spiro atoms. The molecule has 2 atom stereocenters. The molecule has 1 saturated heterocycles. The van der Waals surface area contributed by atoms with Crippen LogP contribution in [-0.4, -0.2) is 59.0 Å². The van der Waals surface area contributed by atoms with E-state index in [0.29, 0.717) is 13.1 Å². The van der Waals surface area contributed by atoms with Crippen LogP contribution < -0.4 is 0 Å². The van der Waals surface area contributed by atoms with Gasteiger partial charge in [0, 0.05) is 53.3 Å². The third kappa shape index (κ3) is 3.57. The van der Waals surface area contributed by atoms with Gasteiger partial charge in [-0.1, -0.05) is 18.2 Å². The van der Waals surface area contributed by atoms with E-state index in [1.54, 1.807) is 0 Å². The van der Waals surface area contributed by atoms with Crippen LogP contribution in [0.1, 0.15) is 55.2 Å². The molecule has 1 aliphatic heterocycles. The second-order valence-corrected chi connectivity index (χ2v) is 11.1. The number of carbonyl (C=O) groups is 1. The van der Waals surface area contributed by atoms with Gasteiger partial charge < -0.3 is 4.90 Å². The summed E-state index contributed by atoms with van der Waals surface area (Å²) in [5.41, 5.74) is 7.82. The molecule has 2 aliphatic rings. The molecule has 0 radical (unpaired) electrons. The van der Waals surface area contributed by atoms with Crippen LogP contribution in [0.2, 0.25) is 0 Å². The standard InChI is InChI=1S/C29H32ClN7O/c1-6-25(38)36-11-9-21(10-12-36)37-18(3)26(29(4)22-16-31-33-23(22)13-17(2)28(29)30)27(34-37)19-7-8-24-20(14-19)15-32-35(24)5/h6-8,13-16,21,28H,1,9-12H2,2-5H3,(H,31,33). The number of amides is 1. The number of halogens is 1. The lowest BCUT2D eigenvalue weighted by Gasteiger charge is -2.38. The number of aromatic nitrogens is 6. The zero-order chi connectivity index (χ0) is 26.8. The number of hydrogen-bond donors (Lipinski definition) is 1. The Morgan fingerprint density at radius 2 is 2.00 bits per heavy atom. The molecule has 1 aliphatic carbocycles. The minimum absolute atomic E-state index is 0.0127. The second kappa shape index (κ2) is 8.98. The summed E-state index contributed by atoms with van der Waals surface area (Å²) in [6.45, 7) is 11.5. The Bertz CT molecular complexity index is 1600. The van der Waals surface area contributed by atoms with E-state index >= 15 is 0 Å². The van der Waals surface area contributed by atoms with E-state index in [9.17, 15) is 4.79 Å². The van der Waals surface area contributed by atoms with Gasteiger partial charge in [0.05, 0.1) is 40.7 Å². The highest BCUT2D eigenvalue weighted by molar-refractivity contribution is 6.24. The van der Waals surface area contributed by atoms with E-state index < -0.39 is 5.41 Å². The number of benzene rings is 1. The van der Waals surface area contributed by atoms with Crippen molar-refractivity contribution in [3.8, 4) is 11.3 Å². The lowest BCUT2D eigenvalue weighted by Crippen LogP contribution is -2.39.